The summed E-state index contributed by atoms with van der Waals surface area (Å²) in [4.78, 5) is 17.2. The molecule has 1 heterocycles. The Hall–Kier alpha value is -2.34. The summed E-state index contributed by atoms with van der Waals surface area (Å²) in [5.41, 5.74) is 1.80. The first-order chi connectivity index (χ1) is 11.6. The van der Waals surface area contributed by atoms with E-state index >= 15 is 0 Å². The Kier molecular flexibility index (Phi) is 6.81. The number of benzene rings is 1. The second kappa shape index (κ2) is 9.08. The molecule has 5 nitrogen and oxygen atoms in total. The molecule has 24 heavy (non-hydrogen) atoms. The molecule has 1 aromatic heterocycles. The summed E-state index contributed by atoms with van der Waals surface area (Å²) in [5.74, 6) is 0.713. The van der Waals surface area contributed by atoms with Gasteiger partial charge in [-0.15, -0.1) is 11.3 Å². The number of amides is 1. The van der Waals surface area contributed by atoms with Crippen molar-refractivity contribution in [2.75, 3.05) is 20.6 Å². The molecular formula is C18H24N4OS. The van der Waals surface area contributed by atoms with Crippen molar-refractivity contribution in [3.8, 4) is 0 Å². The SMILES string of the molecule is CN=C(NCCc1cccc(C(=O)NC)c1)NC(C)c1cccs1. The maximum Gasteiger partial charge on any atom is 0.251 e. The van der Waals surface area contributed by atoms with Crippen molar-refractivity contribution >= 4 is 23.2 Å². The highest BCUT2D eigenvalue weighted by Gasteiger charge is 2.08. The topological polar surface area (TPSA) is 65.5 Å². The lowest BCUT2D eigenvalue weighted by Gasteiger charge is -2.17. The third-order valence-electron chi connectivity index (χ3n) is 3.67. The monoisotopic (exact) mass is 344 g/mol. The Bertz CT molecular complexity index is 682. The summed E-state index contributed by atoms with van der Waals surface area (Å²) in [7, 11) is 3.41. The van der Waals surface area contributed by atoms with Crippen molar-refractivity contribution in [3.63, 3.8) is 0 Å². The van der Waals surface area contributed by atoms with E-state index < -0.39 is 0 Å². The van der Waals surface area contributed by atoms with E-state index in [9.17, 15) is 4.79 Å². The maximum atomic E-state index is 11.7. The summed E-state index contributed by atoms with van der Waals surface area (Å²) in [6, 6.07) is 12.1. The van der Waals surface area contributed by atoms with Crippen molar-refractivity contribution < 1.29 is 4.79 Å². The van der Waals surface area contributed by atoms with Gasteiger partial charge in [-0.1, -0.05) is 18.2 Å². The van der Waals surface area contributed by atoms with E-state index in [-0.39, 0.29) is 11.9 Å². The van der Waals surface area contributed by atoms with E-state index in [0.29, 0.717) is 5.56 Å². The van der Waals surface area contributed by atoms with Crippen LogP contribution in [0.1, 0.15) is 33.8 Å². The fourth-order valence-corrected chi connectivity index (χ4v) is 3.08. The minimum atomic E-state index is -0.0629. The van der Waals surface area contributed by atoms with Crippen molar-refractivity contribution in [1.29, 1.82) is 0 Å². The second-order valence-electron chi connectivity index (χ2n) is 5.41. The quantitative estimate of drug-likeness (QED) is 0.557. The van der Waals surface area contributed by atoms with Gasteiger partial charge in [0.15, 0.2) is 5.96 Å². The van der Waals surface area contributed by atoms with E-state index in [1.54, 1.807) is 25.4 Å². The number of hydrogen-bond acceptors (Lipinski definition) is 3. The largest absolute Gasteiger partial charge is 0.356 e. The molecule has 0 saturated carbocycles. The van der Waals surface area contributed by atoms with Crippen LogP contribution in [0.2, 0.25) is 0 Å². The average molecular weight is 344 g/mol. The highest BCUT2D eigenvalue weighted by molar-refractivity contribution is 7.10. The first kappa shape index (κ1) is 18.0. The first-order valence-corrected chi connectivity index (χ1v) is 8.83. The van der Waals surface area contributed by atoms with Crippen LogP contribution in [0.4, 0.5) is 0 Å². The van der Waals surface area contributed by atoms with Gasteiger partial charge in [-0.2, -0.15) is 0 Å². The normalized spacial score (nSPS) is 12.5. The number of aliphatic imine (C=N–C) groups is 1. The Morgan fingerprint density at radius 2 is 2.12 bits per heavy atom. The Morgan fingerprint density at radius 3 is 2.79 bits per heavy atom. The summed E-state index contributed by atoms with van der Waals surface area (Å²) < 4.78 is 0. The second-order valence-corrected chi connectivity index (χ2v) is 6.39. The van der Waals surface area contributed by atoms with Gasteiger partial charge in [0.25, 0.3) is 5.91 Å². The first-order valence-electron chi connectivity index (χ1n) is 7.95. The smallest absolute Gasteiger partial charge is 0.251 e. The molecule has 1 unspecified atom stereocenters. The van der Waals surface area contributed by atoms with Gasteiger partial charge < -0.3 is 16.0 Å². The zero-order valence-electron chi connectivity index (χ0n) is 14.3. The number of nitrogens with zero attached hydrogens (tertiary/aromatic N) is 1. The number of carbonyl (C=O) groups excluding carboxylic acids is 1. The maximum absolute atomic E-state index is 11.7. The predicted octanol–water partition coefficient (Wildman–Crippen LogP) is 2.58. The van der Waals surface area contributed by atoms with Gasteiger partial charge in [0.1, 0.15) is 0 Å². The summed E-state index contributed by atoms with van der Waals surface area (Å²) in [6.07, 6.45) is 0.818. The van der Waals surface area contributed by atoms with Gasteiger partial charge in [-0.3, -0.25) is 9.79 Å². The van der Waals surface area contributed by atoms with Crippen molar-refractivity contribution in [2.45, 2.75) is 19.4 Å². The lowest BCUT2D eigenvalue weighted by atomic mass is 10.1. The summed E-state index contributed by atoms with van der Waals surface area (Å²) in [5, 5.41) is 11.4. The van der Waals surface area contributed by atoms with E-state index in [1.165, 1.54) is 4.88 Å². The molecule has 3 N–H and O–H groups in total. The highest BCUT2D eigenvalue weighted by Crippen LogP contribution is 2.17. The van der Waals surface area contributed by atoms with Crippen LogP contribution in [0.3, 0.4) is 0 Å². The Labute approximate surface area is 147 Å². The zero-order chi connectivity index (χ0) is 17.4. The van der Waals surface area contributed by atoms with Gasteiger partial charge in [-0.05, 0) is 42.5 Å². The van der Waals surface area contributed by atoms with Crippen LogP contribution in [0, 0.1) is 0 Å². The molecule has 1 amide bonds. The van der Waals surface area contributed by atoms with Crippen LogP contribution in [0.15, 0.2) is 46.8 Å². The molecule has 1 atom stereocenters. The van der Waals surface area contributed by atoms with Crippen LogP contribution in [-0.4, -0.2) is 32.5 Å². The molecule has 1 aromatic carbocycles. The fourth-order valence-electron chi connectivity index (χ4n) is 2.35. The highest BCUT2D eigenvalue weighted by atomic mass is 32.1. The molecule has 128 valence electrons. The molecule has 0 aliphatic carbocycles. The Balaban J connectivity index is 1.85. The van der Waals surface area contributed by atoms with Crippen LogP contribution >= 0.6 is 11.3 Å². The zero-order valence-corrected chi connectivity index (χ0v) is 15.1. The van der Waals surface area contributed by atoms with Crippen molar-refractivity contribution in [3.05, 3.63) is 57.8 Å². The number of rotatable bonds is 6. The molecule has 0 spiro atoms. The summed E-state index contributed by atoms with van der Waals surface area (Å²) >= 11 is 1.73. The van der Waals surface area contributed by atoms with Crippen molar-refractivity contribution in [2.24, 2.45) is 4.99 Å². The van der Waals surface area contributed by atoms with Gasteiger partial charge in [0.05, 0.1) is 6.04 Å². The van der Waals surface area contributed by atoms with E-state index in [2.05, 4.69) is 39.3 Å². The van der Waals surface area contributed by atoms with Gasteiger partial charge in [0.2, 0.25) is 0 Å². The molecule has 0 aliphatic heterocycles. The molecule has 0 radical (unpaired) electrons. The van der Waals surface area contributed by atoms with E-state index in [1.807, 2.05) is 30.3 Å². The van der Waals surface area contributed by atoms with E-state index in [0.717, 1.165) is 24.5 Å². The number of thiophene rings is 1. The Morgan fingerprint density at radius 1 is 1.29 bits per heavy atom. The van der Waals surface area contributed by atoms with Crippen molar-refractivity contribution in [1.82, 2.24) is 16.0 Å². The number of carbonyl (C=O) groups is 1. The van der Waals surface area contributed by atoms with Crippen LogP contribution in [0.5, 0.6) is 0 Å². The number of guanidine groups is 1. The molecule has 0 aliphatic rings. The number of hydrogen-bond donors (Lipinski definition) is 3. The van der Waals surface area contributed by atoms with E-state index in [4.69, 9.17) is 0 Å². The number of nitrogens with one attached hydrogen (secondary N) is 3. The molecule has 6 heteroatoms. The average Bonchev–Trinajstić information content (AvgIpc) is 3.15. The summed E-state index contributed by atoms with van der Waals surface area (Å²) in [6.45, 7) is 2.86. The third kappa shape index (κ3) is 5.09. The third-order valence-corrected chi connectivity index (χ3v) is 4.72. The standard InChI is InChI=1S/C18H24N4OS/c1-13(16-8-5-11-24-16)22-18(20-3)21-10-9-14-6-4-7-15(12-14)17(23)19-2/h4-8,11-13H,9-10H2,1-3H3,(H,19,23)(H2,20,21,22). The molecular weight excluding hydrogens is 320 g/mol. The molecule has 0 fully saturated rings. The van der Waals surface area contributed by atoms with Crippen LogP contribution in [-0.2, 0) is 6.42 Å². The van der Waals surface area contributed by atoms with Gasteiger partial charge >= 0.3 is 0 Å². The predicted molar refractivity (Wildman–Crippen MR) is 101 cm³/mol. The lowest BCUT2D eigenvalue weighted by molar-refractivity contribution is 0.0963. The van der Waals surface area contributed by atoms with Gasteiger partial charge in [0, 0.05) is 31.1 Å². The molecule has 2 rings (SSSR count). The molecule has 0 saturated heterocycles. The minimum absolute atomic E-state index is 0.0629. The fraction of sp³-hybridized carbons (Fsp3) is 0.333. The molecule has 0 bridgehead atoms. The lowest BCUT2D eigenvalue weighted by Crippen LogP contribution is -2.39. The van der Waals surface area contributed by atoms with Gasteiger partial charge in [-0.25, -0.2) is 0 Å². The minimum Gasteiger partial charge on any atom is -0.356 e. The molecule has 2 aromatic rings. The van der Waals surface area contributed by atoms with Crippen LogP contribution < -0.4 is 16.0 Å². The van der Waals surface area contributed by atoms with Crippen LogP contribution in [0.25, 0.3) is 0 Å².